The summed E-state index contributed by atoms with van der Waals surface area (Å²) >= 11 is 0. The Morgan fingerprint density at radius 3 is 2.47 bits per heavy atom. The molecule has 2 amide bonds. The molecule has 0 radical (unpaired) electrons. The van der Waals surface area contributed by atoms with Crippen LogP contribution < -0.4 is 0 Å². The maximum absolute atomic E-state index is 12.1. The lowest BCUT2D eigenvalue weighted by molar-refractivity contribution is -0.135. The van der Waals surface area contributed by atoms with Gasteiger partial charge in [-0.3, -0.25) is 14.6 Å². The van der Waals surface area contributed by atoms with E-state index in [0.29, 0.717) is 18.7 Å². The normalized spacial score (nSPS) is 15.3. The van der Waals surface area contributed by atoms with Crippen molar-refractivity contribution in [3.8, 4) is 0 Å². The third kappa shape index (κ3) is 2.27. The van der Waals surface area contributed by atoms with Gasteiger partial charge in [0.1, 0.15) is 0 Å². The van der Waals surface area contributed by atoms with E-state index in [1.807, 2.05) is 0 Å². The lowest BCUT2D eigenvalue weighted by atomic mass is 10.1. The van der Waals surface area contributed by atoms with Gasteiger partial charge in [-0.15, -0.1) is 0 Å². The largest absolute Gasteiger partial charge is 0.339 e. The number of likely N-dealkylation sites (tertiary alicyclic amines) is 1. The zero-order valence-corrected chi connectivity index (χ0v) is 9.96. The summed E-state index contributed by atoms with van der Waals surface area (Å²) in [7, 11) is 1.77. The average Bonchev–Trinajstić information content (AvgIpc) is 2.26. The lowest BCUT2D eigenvalue weighted by Crippen LogP contribution is -2.60. The molecule has 1 aromatic heterocycles. The molecule has 1 fully saturated rings. The monoisotopic (exact) mass is 233 g/mol. The van der Waals surface area contributed by atoms with Crippen molar-refractivity contribution >= 4 is 11.8 Å². The van der Waals surface area contributed by atoms with Crippen molar-refractivity contribution < 1.29 is 9.59 Å². The van der Waals surface area contributed by atoms with Crippen LogP contribution in [-0.2, 0) is 4.79 Å². The predicted molar refractivity (Wildman–Crippen MR) is 62.4 cm³/mol. The summed E-state index contributed by atoms with van der Waals surface area (Å²) in [6, 6.07) is 3.51. The first kappa shape index (κ1) is 11.6. The van der Waals surface area contributed by atoms with Gasteiger partial charge in [0.05, 0.1) is 6.04 Å². The maximum Gasteiger partial charge on any atom is 0.254 e. The number of carbonyl (C=O) groups is 2. The van der Waals surface area contributed by atoms with E-state index in [1.165, 1.54) is 0 Å². The number of carbonyl (C=O) groups excluding carboxylic acids is 2. The van der Waals surface area contributed by atoms with Crippen LogP contribution in [0.4, 0.5) is 0 Å². The number of aromatic nitrogens is 1. The number of rotatable bonds is 2. The first-order valence-electron chi connectivity index (χ1n) is 5.52. The molecule has 0 bridgehead atoms. The fourth-order valence-electron chi connectivity index (χ4n) is 1.82. The van der Waals surface area contributed by atoms with Gasteiger partial charge in [0.15, 0.2) is 0 Å². The molecule has 0 aromatic carbocycles. The molecule has 0 spiro atoms. The van der Waals surface area contributed by atoms with Crippen molar-refractivity contribution in [1.82, 2.24) is 14.8 Å². The van der Waals surface area contributed by atoms with E-state index < -0.39 is 0 Å². The molecule has 5 nitrogen and oxygen atoms in total. The van der Waals surface area contributed by atoms with Crippen molar-refractivity contribution in [3.63, 3.8) is 0 Å². The Balaban J connectivity index is 1.96. The molecule has 17 heavy (non-hydrogen) atoms. The van der Waals surface area contributed by atoms with Crippen LogP contribution in [0.2, 0.25) is 0 Å². The van der Waals surface area contributed by atoms with Gasteiger partial charge in [-0.1, -0.05) is 0 Å². The smallest absolute Gasteiger partial charge is 0.254 e. The van der Waals surface area contributed by atoms with Crippen LogP contribution >= 0.6 is 0 Å². The standard InChI is InChI=1S/C12H15N3O2/c1-9(16)15-7-11(8-15)14(2)12(17)10-3-5-13-6-4-10/h3-6,11H,7-8H2,1-2H3. The van der Waals surface area contributed by atoms with Gasteiger partial charge >= 0.3 is 0 Å². The van der Waals surface area contributed by atoms with Gasteiger partial charge in [-0.2, -0.15) is 0 Å². The Kier molecular flexibility index (Phi) is 3.08. The summed E-state index contributed by atoms with van der Waals surface area (Å²) in [4.78, 5) is 30.4. The molecule has 0 saturated carbocycles. The topological polar surface area (TPSA) is 53.5 Å². The minimum absolute atomic E-state index is 0.0272. The van der Waals surface area contributed by atoms with Crippen LogP contribution in [0.3, 0.4) is 0 Å². The van der Waals surface area contributed by atoms with Gasteiger partial charge in [0, 0.05) is 45.0 Å². The van der Waals surface area contributed by atoms with Gasteiger partial charge in [0.25, 0.3) is 5.91 Å². The Labute approximate surface area is 100 Å². The van der Waals surface area contributed by atoms with E-state index in [1.54, 1.807) is 48.3 Å². The molecule has 2 rings (SSSR count). The Hall–Kier alpha value is -1.91. The zero-order chi connectivity index (χ0) is 12.4. The third-order valence-corrected chi connectivity index (χ3v) is 3.10. The first-order chi connectivity index (χ1) is 8.09. The highest BCUT2D eigenvalue weighted by molar-refractivity contribution is 5.94. The van der Waals surface area contributed by atoms with Crippen molar-refractivity contribution in [1.29, 1.82) is 0 Å². The van der Waals surface area contributed by atoms with E-state index in [-0.39, 0.29) is 17.9 Å². The molecule has 0 unspecified atom stereocenters. The third-order valence-electron chi connectivity index (χ3n) is 3.10. The number of amides is 2. The Bertz CT molecular complexity index is 427. The zero-order valence-electron chi connectivity index (χ0n) is 9.96. The minimum atomic E-state index is -0.0272. The molecule has 1 aliphatic heterocycles. The van der Waals surface area contributed by atoms with Gasteiger partial charge in [-0.25, -0.2) is 0 Å². The fraction of sp³-hybridized carbons (Fsp3) is 0.417. The molecule has 1 aliphatic rings. The molecular weight excluding hydrogens is 218 g/mol. The van der Waals surface area contributed by atoms with Crippen LogP contribution in [0.1, 0.15) is 17.3 Å². The predicted octanol–water partition coefficient (Wildman–Crippen LogP) is 0.384. The molecule has 90 valence electrons. The summed E-state index contributed by atoms with van der Waals surface area (Å²) in [6.45, 7) is 2.80. The average molecular weight is 233 g/mol. The van der Waals surface area contributed by atoms with Crippen LogP contribution in [0.25, 0.3) is 0 Å². The van der Waals surface area contributed by atoms with Crippen LogP contribution in [0, 0.1) is 0 Å². The molecule has 1 saturated heterocycles. The van der Waals surface area contributed by atoms with Gasteiger partial charge in [-0.05, 0) is 12.1 Å². The summed E-state index contributed by atoms with van der Waals surface area (Å²) in [5.74, 6) is 0.0339. The second kappa shape index (κ2) is 4.53. The van der Waals surface area contributed by atoms with E-state index >= 15 is 0 Å². The van der Waals surface area contributed by atoms with Crippen LogP contribution in [-0.4, -0.2) is 52.8 Å². The van der Waals surface area contributed by atoms with E-state index in [0.717, 1.165) is 0 Å². The second-order valence-corrected chi connectivity index (χ2v) is 4.23. The Morgan fingerprint density at radius 1 is 1.35 bits per heavy atom. The number of nitrogens with zero attached hydrogens (tertiary/aromatic N) is 3. The number of hydrogen-bond donors (Lipinski definition) is 0. The van der Waals surface area contributed by atoms with E-state index in [9.17, 15) is 9.59 Å². The highest BCUT2D eigenvalue weighted by atomic mass is 16.2. The molecular formula is C12H15N3O2. The van der Waals surface area contributed by atoms with Gasteiger partial charge in [0.2, 0.25) is 5.91 Å². The Morgan fingerprint density at radius 2 is 1.94 bits per heavy atom. The second-order valence-electron chi connectivity index (χ2n) is 4.23. The maximum atomic E-state index is 12.1. The summed E-state index contributed by atoms with van der Waals surface area (Å²) < 4.78 is 0. The summed E-state index contributed by atoms with van der Waals surface area (Å²) in [6.07, 6.45) is 3.20. The van der Waals surface area contributed by atoms with E-state index in [2.05, 4.69) is 4.98 Å². The highest BCUT2D eigenvalue weighted by Gasteiger charge is 2.33. The summed E-state index contributed by atoms with van der Waals surface area (Å²) in [5, 5.41) is 0. The summed E-state index contributed by atoms with van der Waals surface area (Å²) in [5.41, 5.74) is 0.628. The fourth-order valence-corrected chi connectivity index (χ4v) is 1.82. The number of hydrogen-bond acceptors (Lipinski definition) is 3. The number of likely N-dealkylation sites (N-methyl/N-ethyl adjacent to an activating group) is 1. The lowest BCUT2D eigenvalue weighted by Gasteiger charge is -2.43. The molecule has 1 aromatic rings. The van der Waals surface area contributed by atoms with Crippen LogP contribution in [0.15, 0.2) is 24.5 Å². The minimum Gasteiger partial charge on any atom is -0.339 e. The highest BCUT2D eigenvalue weighted by Crippen LogP contribution is 2.15. The van der Waals surface area contributed by atoms with Crippen molar-refractivity contribution in [2.75, 3.05) is 20.1 Å². The van der Waals surface area contributed by atoms with Gasteiger partial charge < -0.3 is 9.80 Å². The SMILES string of the molecule is CC(=O)N1CC(N(C)C(=O)c2ccncc2)C1. The molecule has 0 aliphatic carbocycles. The molecule has 5 heteroatoms. The number of pyridine rings is 1. The van der Waals surface area contributed by atoms with Crippen molar-refractivity contribution in [3.05, 3.63) is 30.1 Å². The van der Waals surface area contributed by atoms with Crippen molar-refractivity contribution in [2.24, 2.45) is 0 Å². The molecule has 0 atom stereocenters. The van der Waals surface area contributed by atoms with Crippen LogP contribution in [0.5, 0.6) is 0 Å². The first-order valence-corrected chi connectivity index (χ1v) is 5.52. The quantitative estimate of drug-likeness (QED) is 0.742. The molecule has 0 N–H and O–H groups in total. The van der Waals surface area contributed by atoms with Crippen molar-refractivity contribution in [2.45, 2.75) is 13.0 Å². The van der Waals surface area contributed by atoms with E-state index in [4.69, 9.17) is 0 Å². The molecule has 2 heterocycles.